The number of hydrogen-bond acceptors (Lipinski definition) is 5. The molecule has 9 heteroatoms. The molecule has 0 radical (unpaired) electrons. The minimum atomic E-state index is -0.410. The summed E-state index contributed by atoms with van der Waals surface area (Å²) in [5.74, 6) is -0.995. The number of amides is 3. The number of hydrogen-bond donors (Lipinski definition) is 3. The zero-order valence-corrected chi connectivity index (χ0v) is 17.1. The maximum Gasteiger partial charge on any atom is 0.265 e. The van der Waals surface area contributed by atoms with Gasteiger partial charge in [-0.25, -0.2) is 0 Å². The Labute approximate surface area is 171 Å². The van der Waals surface area contributed by atoms with Crippen LogP contribution in [0, 0.1) is 13.8 Å². The highest BCUT2D eigenvalue weighted by molar-refractivity contribution is 7.12. The number of nitrogens with zero attached hydrogens (tertiary/aromatic N) is 2. The van der Waals surface area contributed by atoms with Gasteiger partial charge in [-0.15, -0.1) is 11.3 Å². The standard InChI is InChI=1S/C20H21N5O3S/c1-12-18(13(2)25(3)24-12)23-17(26)11-21-19(27)14-6-4-7-15(10-14)22-20(28)16-8-5-9-29-16/h4-10H,11H2,1-3H3,(H,21,27)(H,22,28)(H,23,26). The van der Waals surface area contributed by atoms with Gasteiger partial charge >= 0.3 is 0 Å². The molecule has 0 aliphatic heterocycles. The van der Waals surface area contributed by atoms with Crippen LogP contribution in [0.25, 0.3) is 0 Å². The minimum Gasteiger partial charge on any atom is -0.343 e. The molecule has 2 aromatic heterocycles. The molecule has 3 amide bonds. The van der Waals surface area contributed by atoms with Crippen LogP contribution >= 0.6 is 11.3 Å². The van der Waals surface area contributed by atoms with Crippen molar-refractivity contribution in [2.75, 3.05) is 17.2 Å². The van der Waals surface area contributed by atoms with E-state index < -0.39 is 5.91 Å². The van der Waals surface area contributed by atoms with E-state index in [1.807, 2.05) is 12.3 Å². The van der Waals surface area contributed by atoms with Crippen LogP contribution in [-0.4, -0.2) is 34.0 Å². The predicted molar refractivity (Wildman–Crippen MR) is 112 cm³/mol. The lowest BCUT2D eigenvalue weighted by atomic mass is 10.2. The molecule has 0 fully saturated rings. The Kier molecular flexibility index (Phi) is 6.08. The highest BCUT2D eigenvalue weighted by atomic mass is 32.1. The van der Waals surface area contributed by atoms with Crippen molar-refractivity contribution in [2.24, 2.45) is 7.05 Å². The van der Waals surface area contributed by atoms with Crippen molar-refractivity contribution >= 4 is 40.4 Å². The van der Waals surface area contributed by atoms with Gasteiger partial charge in [0, 0.05) is 18.3 Å². The summed E-state index contributed by atoms with van der Waals surface area (Å²) in [6, 6.07) is 10.1. The van der Waals surface area contributed by atoms with Crippen molar-refractivity contribution in [3.05, 3.63) is 63.6 Å². The monoisotopic (exact) mass is 411 g/mol. The maximum absolute atomic E-state index is 12.4. The fraction of sp³-hybridized carbons (Fsp3) is 0.200. The van der Waals surface area contributed by atoms with Gasteiger partial charge in [-0.05, 0) is 43.5 Å². The molecule has 0 atom stereocenters. The van der Waals surface area contributed by atoms with E-state index in [1.54, 1.807) is 55.1 Å². The van der Waals surface area contributed by atoms with Gasteiger partial charge in [0.2, 0.25) is 5.91 Å². The summed E-state index contributed by atoms with van der Waals surface area (Å²) in [5, 5.41) is 14.2. The lowest BCUT2D eigenvalue weighted by Gasteiger charge is -2.09. The highest BCUT2D eigenvalue weighted by Crippen LogP contribution is 2.18. The second-order valence-electron chi connectivity index (χ2n) is 6.41. The molecule has 8 nitrogen and oxygen atoms in total. The van der Waals surface area contributed by atoms with E-state index in [4.69, 9.17) is 0 Å². The predicted octanol–water partition coefficient (Wildman–Crippen LogP) is 2.72. The molecule has 0 unspecified atom stereocenters. The van der Waals surface area contributed by atoms with Crippen molar-refractivity contribution < 1.29 is 14.4 Å². The molecule has 150 valence electrons. The van der Waals surface area contributed by atoms with E-state index in [0.717, 1.165) is 5.69 Å². The summed E-state index contributed by atoms with van der Waals surface area (Å²) >= 11 is 1.33. The van der Waals surface area contributed by atoms with E-state index in [-0.39, 0.29) is 18.4 Å². The second kappa shape index (κ2) is 8.70. The van der Waals surface area contributed by atoms with E-state index in [1.165, 1.54) is 11.3 Å². The number of carbonyl (C=O) groups is 3. The molecule has 0 bridgehead atoms. The highest BCUT2D eigenvalue weighted by Gasteiger charge is 2.14. The van der Waals surface area contributed by atoms with Crippen LogP contribution in [0.3, 0.4) is 0 Å². The number of thiophene rings is 1. The van der Waals surface area contributed by atoms with Crippen LogP contribution in [0.4, 0.5) is 11.4 Å². The zero-order valence-electron chi connectivity index (χ0n) is 16.3. The molecule has 0 saturated heterocycles. The van der Waals surface area contributed by atoms with Gasteiger partial charge in [0.15, 0.2) is 0 Å². The SMILES string of the molecule is Cc1nn(C)c(C)c1NC(=O)CNC(=O)c1cccc(NC(=O)c2cccs2)c1. The summed E-state index contributed by atoms with van der Waals surface area (Å²) in [7, 11) is 1.80. The third-order valence-corrected chi connectivity index (χ3v) is 5.18. The van der Waals surface area contributed by atoms with Gasteiger partial charge < -0.3 is 16.0 Å². The van der Waals surface area contributed by atoms with Gasteiger partial charge in [0.25, 0.3) is 11.8 Å². The Morgan fingerprint density at radius 3 is 2.52 bits per heavy atom. The van der Waals surface area contributed by atoms with Gasteiger partial charge in [0.05, 0.1) is 28.5 Å². The Hall–Kier alpha value is -3.46. The van der Waals surface area contributed by atoms with Crippen molar-refractivity contribution in [1.29, 1.82) is 0 Å². The molecule has 3 rings (SSSR count). The number of nitrogens with one attached hydrogen (secondary N) is 3. The van der Waals surface area contributed by atoms with E-state index in [9.17, 15) is 14.4 Å². The number of carbonyl (C=O) groups excluding carboxylic acids is 3. The van der Waals surface area contributed by atoms with Gasteiger partial charge in [0.1, 0.15) is 0 Å². The molecule has 3 N–H and O–H groups in total. The van der Waals surface area contributed by atoms with E-state index in [2.05, 4.69) is 21.0 Å². The normalized spacial score (nSPS) is 10.4. The first kappa shape index (κ1) is 20.3. The Balaban J connectivity index is 1.58. The molecular weight excluding hydrogens is 390 g/mol. The van der Waals surface area contributed by atoms with Crippen LogP contribution in [-0.2, 0) is 11.8 Å². The first-order valence-electron chi connectivity index (χ1n) is 8.88. The Bertz CT molecular complexity index is 1060. The number of anilines is 2. The molecular formula is C20H21N5O3S. The third kappa shape index (κ3) is 4.88. The molecule has 0 aliphatic carbocycles. The van der Waals surface area contributed by atoms with Crippen LogP contribution in [0.15, 0.2) is 41.8 Å². The van der Waals surface area contributed by atoms with Crippen molar-refractivity contribution in [3.63, 3.8) is 0 Å². The first-order chi connectivity index (χ1) is 13.8. The van der Waals surface area contributed by atoms with Crippen LogP contribution in [0.1, 0.15) is 31.4 Å². The van der Waals surface area contributed by atoms with Gasteiger partial charge in [-0.2, -0.15) is 5.10 Å². The Morgan fingerprint density at radius 2 is 1.86 bits per heavy atom. The maximum atomic E-state index is 12.4. The molecule has 0 spiro atoms. The summed E-state index contributed by atoms with van der Waals surface area (Å²) in [6.07, 6.45) is 0. The summed E-state index contributed by atoms with van der Waals surface area (Å²) < 4.78 is 1.68. The minimum absolute atomic E-state index is 0.182. The fourth-order valence-corrected chi connectivity index (χ4v) is 3.36. The third-order valence-electron chi connectivity index (χ3n) is 4.31. The van der Waals surface area contributed by atoms with E-state index >= 15 is 0 Å². The fourth-order valence-electron chi connectivity index (χ4n) is 2.74. The van der Waals surface area contributed by atoms with Crippen LogP contribution in [0.2, 0.25) is 0 Å². The van der Waals surface area contributed by atoms with Crippen molar-refractivity contribution in [3.8, 4) is 0 Å². The molecule has 1 aromatic carbocycles. The topological polar surface area (TPSA) is 105 Å². The second-order valence-corrected chi connectivity index (χ2v) is 7.36. The number of benzene rings is 1. The quantitative estimate of drug-likeness (QED) is 0.580. The molecule has 0 aliphatic rings. The van der Waals surface area contributed by atoms with Crippen molar-refractivity contribution in [1.82, 2.24) is 15.1 Å². The lowest BCUT2D eigenvalue weighted by molar-refractivity contribution is -0.115. The average molecular weight is 411 g/mol. The number of aryl methyl sites for hydroxylation is 2. The number of rotatable bonds is 6. The van der Waals surface area contributed by atoms with Gasteiger partial charge in [-0.1, -0.05) is 12.1 Å². The van der Waals surface area contributed by atoms with Crippen LogP contribution < -0.4 is 16.0 Å². The van der Waals surface area contributed by atoms with E-state index in [0.29, 0.717) is 27.5 Å². The van der Waals surface area contributed by atoms with Crippen LogP contribution in [0.5, 0.6) is 0 Å². The number of aromatic nitrogens is 2. The summed E-state index contributed by atoms with van der Waals surface area (Å²) in [6.45, 7) is 3.47. The molecule has 0 saturated carbocycles. The Morgan fingerprint density at radius 1 is 1.07 bits per heavy atom. The van der Waals surface area contributed by atoms with Crippen molar-refractivity contribution in [2.45, 2.75) is 13.8 Å². The smallest absolute Gasteiger partial charge is 0.265 e. The molecule has 2 heterocycles. The molecule has 3 aromatic rings. The summed E-state index contributed by atoms with van der Waals surface area (Å²) in [5.41, 5.74) is 3.03. The average Bonchev–Trinajstić information content (AvgIpc) is 3.31. The molecule has 29 heavy (non-hydrogen) atoms. The first-order valence-corrected chi connectivity index (χ1v) is 9.76. The summed E-state index contributed by atoms with van der Waals surface area (Å²) in [4.78, 5) is 37.3. The largest absolute Gasteiger partial charge is 0.343 e. The van der Waals surface area contributed by atoms with Gasteiger partial charge in [-0.3, -0.25) is 19.1 Å². The lowest BCUT2D eigenvalue weighted by Crippen LogP contribution is -2.33. The zero-order chi connectivity index (χ0) is 21.0.